The van der Waals surface area contributed by atoms with Crippen LogP contribution in [0.4, 0.5) is 11.4 Å². The van der Waals surface area contributed by atoms with Gasteiger partial charge in [0.1, 0.15) is 5.56 Å². The van der Waals surface area contributed by atoms with Crippen molar-refractivity contribution in [2.75, 3.05) is 5.32 Å². The van der Waals surface area contributed by atoms with Gasteiger partial charge in [-0.3, -0.25) is 14.9 Å². The summed E-state index contributed by atoms with van der Waals surface area (Å²) in [6, 6.07) is 10.7. The summed E-state index contributed by atoms with van der Waals surface area (Å²) >= 11 is 0. The Morgan fingerprint density at radius 3 is 2.00 bits per heavy atom. The number of hydrogen-bond acceptors (Lipinski definition) is 3. The van der Waals surface area contributed by atoms with Crippen molar-refractivity contribution in [3.05, 3.63) is 68.8 Å². The van der Waals surface area contributed by atoms with E-state index in [1.54, 1.807) is 19.1 Å². The van der Waals surface area contributed by atoms with Crippen LogP contribution in [-0.2, 0) is 0 Å². The third-order valence-electron chi connectivity index (χ3n) is 4.28. The van der Waals surface area contributed by atoms with Gasteiger partial charge in [-0.05, 0) is 36.0 Å². The molecular formula is C20H24N2O3. The van der Waals surface area contributed by atoms with Crippen molar-refractivity contribution >= 4 is 17.3 Å². The Balaban J connectivity index is 2.53. The van der Waals surface area contributed by atoms with Crippen molar-refractivity contribution in [1.82, 2.24) is 0 Å². The predicted molar refractivity (Wildman–Crippen MR) is 100 cm³/mol. The lowest BCUT2D eigenvalue weighted by atomic mass is 9.92. The normalized spacial score (nSPS) is 11.0. The molecule has 0 aliphatic heterocycles. The Morgan fingerprint density at radius 1 is 1.00 bits per heavy atom. The first-order valence-corrected chi connectivity index (χ1v) is 8.42. The first kappa shape index (κ1) is 18.6. The van der Waals surface area contributed by atoms with Crippen LogP contribution in [0.25, 0.3) is 0 Å². The van der Waals surface area contributed by atoms with Gasteiger partial charge in [0, 0.05) is 11.3 Å². The lowest BCUT2D eigenvalue weighted by Crippen LogP contribution is -2.17. The Kier molecular flexibility index (Phi) is 5.57. The van der Waals surface area contributed by atoms with Gasteiger partial charge in [0.05, 0.1) is 4.92 Å². The molecule has 0 aliphatic carbocycles. The van der Waals surface area contributed by atoms with Crippen LogP contribution in [0.1, 0.15) is 66.6 Å². The maximum absolute atomic E-state index is 12.8. The second-order valence-electron chi connectivity index (χ2n) is 6.80. The van der Waals surface area contributed by atoms with Gasteiger partial charge in [0.2, 0.25) is 0 Å². The number of nitrogens with zero attached hydrogens (tertiary/aromatic N) is 1. The summed E-state index contributed by atoms with van der Waals surface area (Å²) < 4.78 is 0. The molecule has 0 heterocycles. The van der Waals surface area contributed by atoms with Gasteiger partial charge in [0.15, 0.2) is 0 Å². The van der Waals surface area contributed by atoms with E-state index in [-0.39, 0.29) is 23.1 Å². The van der Waals surface area contributed by atoms with Crippen LogP contribution in [0.15, 0.2) is 36.4 Å². The van der Waals surface area contributed by atoms with Crippen LogP contribution >= 0.6 is 0 Å². The summed E-state index contributed by atoms with van der Waals surface area (Å²) in [4.78, 5) is 23.7. The van der Waals surface area contributed by atoms with Crippen LogP contribution in [0.3, 0.4) is 0 Å². The number of aryl methyl sites for hydroxylation is 1. The van der Waals surface area contributed by atoms with Gasteiger partial charge < -0.3 is 5.32 Å². The summed E-state index contributed by atoms with van der Waals surface area (Å²) in [5.41, 5.74) is 3.21. The molecule has 1 amide bonds. The molecule has 0 aromatic heterocycles. The zero-order valence-electron chi connectivity index (χ0n) is 15.3. The van der Waals surface area contributed by atoms with E-state index >= 15 is 0 Å². The number of amides is 1. The van der Waals surface area contributed by atoms with Crippen molar-refractivity contribution in [1.29, 1.82) is 0 Å². The van der Waals surface area contributed by atoms with Crippen molar-refractivity contribution in [3.8, 4) is 0 Å². The van der Waals surface area contributed by atoms with E-state index in [2.05, 4.69) is 33.0 Å². The number of nitro benzene ring substituents is 1. The van der Waals surface area contributed by atoms with Gasteiger partial charge in [0.25, 0.3) is 11.6 Å². The second-order valence-corrected chi connectivity index (χ2v) is 6.80. The summed E-state index contributed by atoms with van der Waals surface area (Å²) in [7, 11) is 0. The fourth-order valence-electron chi connectivity index (χ4n) is 2.96. The van der Waals surface area contributed by atoms with Gasteiger partial charge >= 0.3 is 0 Å². The second kappa shape index (κ2) is 7.47. The summed E-state index contributed by atoms with van der Waals surface area (Å²) in [5, 5.41) is 14.3. The smallest absolute Gasteiger partial charge is 0.285 e. The molecule has 0 unspecified atom stereocenters. The molecule has 0 aliphatic rings. The lowest BCUT2D eigenvalue weighted by molar-refractivity contribution is -0.385. The van der Waals surface area contributed by atoms with Gasteiger partial charge in [-0.1, -0.05) is 58.0 Å². The van der Waals surface area contributed by atoms with Crippen LogP contribution < -0.4 is 5.32 Å². The number of benzene rings is 2. The molecule has 5 heteroatoms. The highest BCUT2D eigenvalue weighted by Gasteiger charge is 2.24. The molecule has 0 radical (unpaired) electrons. The zero-order valence-corrected chi connectivity index (χ0v) is 15.3. The maximum Gasteiger partial charge on any atom is 0.285 e. The fraction of sp³-hybridized carbons (Fsp3) is 0.350. The molecule has 0 atom stereocenters. The van der Waals surface area contributed by atoms with E-state index < -0.39 is 10.8 Å². The van der Waals surface area contributed by atoms with Crippen molar-refractivity contribution in [2.24, 2.45) is 0 Å². The van der Waals surface area contributed by atoms with Crippen molar-refractivity contribution < 1.29 is 9.72 Å². The molecule has 0 bridgehead atoms. The molecule has 132 valence electrons. The van der Waals surface area contributed by atoms with Gasteiger partial charge in [-0.15, -0.1) is 0 Å². The highest BCUT2D eigenvalue weighted by Crippen LogP contribution is 2.33. The molecule has 0 spiro atoms. The summed E-state index contributed by atoms with van der Waals surface area (Å²) in [5.74, 6) is -0.00612. The SMILES string of the molecule is Cc1cccc(C(=O)Nc2c(C(C)C)cccc2C(C)C)c1[N+](=O)[O-]. The molecule has 2 aromatic rings. The molecule has 0 saturated heterocycles. The number of hydrogen-bond donors (Lipinski definition) is 1. The van der Waals surface area contributed by atoms with Crippen LogP contribution in [-0.4, -0.2) is 10.8 Å². The minimum atomic E-state index is -0.498. The van der Waals surface area contributed by atoms with Crippen LogP contribution in [0.5, 0.6) is 0 Å². The highest BCUT2D eigenvalue weighted by atomic mass is 16.6. The van der Waals surface area contributed by atoms with Crippen molar-refractivity contribution in [3.63, 3.8) is 0 Å². The summed E-state index contributed by atoms with van der Waals surface area (Å²) in [6.07, 6.45) is 0. The van der Waals surface area contributed by atoms with E-state index in [0.29, 0.717) is 5.56 Å². The van der Waals surface area contributed by atoms with Crippen molar-refractivity contribution in [2.45, 2.75) is 46.5 Å². The molecule has 2 rings (SSSR count). The number of nitro groups is 1. The number of carbonyl (C=O) groups excluding carboxylic acids is 1. The minimum absolute atomic E-state index is 0.0817. The maximum atomic E-state index is 12.8. The topological polar surface area (TPSA) is 72.2 Å². The minimum Gasteiger partial charge on any atom is -0.321 e. The molecule has 25 heavy (non-hydrogen) atoms. The fourth-order valence-corrected chi connectivity index (χ4v) is 2.96. The molecule has 0 saturated carbocycles. The number of carbonyl (C=O) groups is 1. The van der Waals surface area contributed by atoms with E-state index in [0.717, 1.165) is 16.8 Å². The molecule has 1 N–H and O–H groups in total. The predicted octanol–water partition coefficient (Wildman–Crippen LogP) is 5.40. The quantitative estimate of drug-likeness (QED) is 0.585. The lowest BCUT2D eigenvalue weighted by Gasteiger charge is -2.20. The number of anilines is 1. The number of rotatable bonds is 5. The Labute approximate surface area is 148 Å². The summed E-state index contributed by atoms with van der Waals surface area (Å²) in [6.45, 7) is 9.87. The largest absolute Gasteiger partial charge is 0.321 e. The van der Waals surface area contributed by atoms with Crippen LogP contribution in [0, 0.1) is 17.0 Å². The molecule has 5 nitrogen and oxygen atoms in total. The molecule has 0 fully saturated rings. The Morgan fingerprint density at radius 2 is 1.52 bits per heavy atom. The molecular weight excluding hydrogens is 316 g/mol. The first-order valence-electron chi connectivity index (χ1n) is 8.42. The van der Waals surface area contributed by atoms with E-state index in [9.17, 15) is 14.9 Å². The number of nitrogens with one attached hydrogen (secondary N) is 1. The van der Waals surface area contributed by atoms with Crippen LogP contribution in [0.2, 0.25) is 0 Å². The zero-order chi connectivity index (χ0) is 18.7. The monoisotopic (exact) mass is 340 g/mol. The number of para-hydroxylation sites is 2. The molecule has 2 aromatic carbocycles. The van der Waals surface area contributed by atoms with E-state index in [1.165, 1.54) is 6.07 Å². The highest BCUT2D eigenvalue weighted by molar-refractivity contribution is 6.08. The Bertz CT molecular complexity index is 784. The van der Waals surface area contributed by atoms with E-state index in [4.69, 9.17) is 0 Å². The van der Waals surface area contributed by atoms with E-state index in [1.807, 2.05) is 18.2 Å². The third-order valence-corrected chi connectivity index (χ3v) is 4.28. The average Bonchev–Trinajstić information content (AvgIpc) is 2.53. The first-order chi connectivity index (χ1) is 11.7. The van der Waals surface area contributed by atoms with Gasteiger partial charge in [-0.2, -0.15) is 0 Å². The van der Waals surface area contributed by atoms with Gasteiger partial charge in [-0.25, -0.2) is 0 Å². The average molecular weight is 340 g/mol. The standard InChI is InChI=1S/C20H24N2O3/c1-12(2)15-9-7-10-16(13(3)4)18(15)21-20(23)17-11-6-8-14(5)19(17)22(24)25/h6-13H,1-5H3,(H,21,23). The third kappa shape index (κ3) is 3.87. The Hall–Kier alpha value is -2.69.